The predicted octanol–water partition coefficient (Wildman–Crippen LogP) is 5.35. The first-order valence-corrected chi connectivity index (χ1v) is 7.07. The van der Waals surface area contributed by atoms with Crippen molar-refractivity contribution in [1.29, 1.82) is 0 Å². The van der Waals surface area contributed by atoms with E-state index in [9.17, 15) is 0 Å². The molecule has 3 rings (SSSR count). The molecule has 0 atom stereocenters. The zero-order valence-corrected chi connectivity index (χ0v) is 12.6. The van der Waals surface area contributed by atoms with Gasteiger partial charge in [-0.1, -0.05) is 62.1 Å². The van der Waals surface area contributed by atoms with E-state index in [0.717, 1.165) is 0 Å². The highest BCUT2D eigenvalue weighted by Gasteiger charge is 2.46. The third-order valence-corrected chi connectivity index (χ3v) is 5.20. The van der Waals surface area contributed by atoms with Gasteiger partial charge in [-0.3, -0.25) is 0 Å². The molecule has 0 aromatic rings. The van der Waals surface area contributed by atoms with Crippen LogP contribution in [0.3, 0.4) is 0 Å². The maximum absolute atomic E-state index is 2.45. The van der Waals surface area contributed by atoms with Crippen molar-refractivity contribution in [3.05, 3.63) is 45.6 Å². The zero-order chi connectivity index (χ0) is 13.3. The summed E-state index contributed by atoms with van der Waals surface area (Å²) in [6.45, 7) is 14.2. The van der Waals surface area contributed by atoms with Crippen molar-refractivity contribution >= 4 is 0 Å². The standard InChI is InChI=1S/C18H24/c1-11-7-13-14(8-11)18(5,6)16-10-12(2)9-15(16)17(13,3)4/h7,10H,8-9H2,1-6H3. The molecule has 0 saturated heterocycles. The quantitative estimate of drug-likeness (QED) is 0.535. The molecule has 0 unspecified atom stereocenters. The highest BCUT2D eigenvalue weighted by Crippen LogP contribution is 2.59. The molecule has 0 amide bonds. The minimum absolute atomic E-state index is 0.228. The van der Waals surface area contributed by atoms with Crippen LogP contribution in [0.1, 0.15) is 54.4 Å². The van der Waals surface area contributed by atoms with Gasteiger partial charge in [0.15, 0.2) is 0 Å². The third kappa shape index (κ3) is 1.32. The van der Waals surface area contributed by atoms with Gasteiger partial charge in [-0.2, -0.15) is 0 Å². The number of hydrogen-bond acceptors (Lipinski definition) is 0. The molecule has 0 aromatic carbocycles. The molecule has 96 valence electrons. The first kappa shape index (κ1) is 12.0. The molecule has 0 heteroatoms. The van der Waals surface area contributed by atoms with Gasteiger partial charge in [-0.15, -0.1) is 0 Å². The maximum Gasteiger partial charge on any atom is 0.0114 e. The summed E-state index contributed by atoms with van der Waals surface area (Å²) in [4.78, 5) is 0. The summed E-state index contributed by atoms with van der Waals surface area (Å²) in [5, 5.41) is 0. The van der Waals surface area contributed by atoms with Crippen LogP contribution in [0.5, 0.6) is 0 Å². The molecule has 0 aromatic heterocycles. The van der Waals surface area contributed by atoms with Crippen molar-refractivity contribution in [2.75, 3.05) is 0 Å². The summed E-state index contributed by atoms with van der Waals surface area (Å²) in [5.41, 5.74) is 10.0. The minimum atomic E-state index is 0.228. The molecular formula is C18H24. The molecule has 0 radical (unpaired) electrons. The Labute approximate surface area is 111 Å². The Kier molecular flexibility index (Phi) is 2.20. The molecule has 0 N–H and O–H groups in total. The van der Waals surface area contributed by atoms with E-state index in [-0.39, 0.29) is 10.8 Å². The van der Waals surface area contributed by atoms with Crippen LogP contribution >= 0.6 is 0 Å². The molecule has 0 spiro atoms. The van der Waals surface area contributed by atoms with Gasteiger partial charge in [0.05, 0.1) is 0 Å². The van der Waals surface area contributed by atoms with Crippen LogP contribution in [0.15, 0.2) is 45.6 Å². The second-order valence-corrected chi connectivity index (χ2v) is 7.37. The maximum atomic E-state index is 2.45. The van der Waals surface area contributed by atoms with Crippen molar-refractivity contribution in [2.45, 2.75) is 54.4 Å². The second-order valence-electron chi connectivity index (χ2n) is 7.37. The van der Waals surface area contributed by atoms with Gasteiger partial charge in [0, 0.05) is 10.8 Å². The Morgan fingerprint density at radius 2 is 1.06 bits per heavy atom. The summed E-state index contributed by atoms with van der Waals surface area (Å²) in [6, 6.07) is 0. The topological polar surface area (TPSA) is 0 Å². The van der Waals surface area contributed by atoms with Crippen LogP contribution in [0.2, 0.25) is 0 Å². The van der Waals surface area contributed by atoms with Crippen LogP contribution < -0.4 is 0 Å². The highest BCUT2D eigenvalue weighted by molar-refractivity contribution is 5.61. The van der Waals surface area contributed by atoms with Crippen molar-refractivity contribution in [2.24, 2.45) is 10.8 Å². The van der Waals surface area contributed by atoms with Crippen LogP contribution in [0.25, 0.3) is 0 Å². The molecule has 18 heavy (non-hydrogen) atoms. The largest absolute Gasteiger partial charge is 0.0689 e. The van der Waals surface area contributed by atoms with E-state index in [0.29, 0.717) is 0 Å². The average Bonchev–Trinajstić information content (AvgIpc) is 2.81. The first-order chi connectivity index (χ1) is 8.24. The van der Waals surface area contributed by atoms with Crippen LogP contribution in [-0.2, 0) is 0 Å². The fraction of sp³-hybridized carbons (Fsp3) is 0.556. The molecule has 0 fully saturated rings. The van der Waals surface area contributed by atoms with Gasteiger partial charge in [-0.25, -0.2) is 0 Å². The summed E-state index contributed by atoms with van der Waals surface area (Å²) < 4.78 is 0. The van der Waals surface area contributed by atoms with Gasteiger partial charge in [0.1, 0.15) is 0 Å². The number of hydrogen-bond donors (Lipinski definition) is 0. The Balaban J connectivity index is 2.21. The van der Waals surface area contributed by atoms with E-state index in [1.807, 2.05) is 0 Å². The summed E-state index contributed by atoms with van der Waals surface area (Å²) in [7, 11) is 0. The Hall–Kier alpha value is -1.04. The fourth-order valence-electron chi connectivity index (χ4n) is 4.07. The lowest BCUT2D eigenvalue weighted by atomic mass is 9.61. The molecule has 3 aliphatic rings. The number of rotatable bonds is 0. The highest BCUT2D eigenvalue weighted by atomic mass is 14.5. The first-order valence-electron chi connectivity index (χ1n) is 7.07. The molecule has 0 saturated carbocycles. The van der Waals surface area contributed by atoms with Gasteiger partial charge in [0.25, 0.3) is 0 Å². The lowest BCUT2D eigenvalue weighted by Gasteiger charge is -2.43. The van der Waals surface area contributed by atoms with Crippen molar-refractivity contribution in [1.82, 2.24) is 0 Å². The molecule has 0 aliphatic heterocycles. The molecule has 0 nitrogen and oxygen atoms in total. The van der Waals surface area contributed by atoms with Gasteiger partial charge < -0.3 is 0 Å². The number of allylic oxidation sites excluding steroid dienone is 8. The minimum Gasteiger partial charge on any atom is -0.0689 e. The van der Waals surface area contributed by atoms with Crippen molar-refractivity contribution in [3.8, 4) is 0 Å². The van der Waals surface area contributed by atoms with E-state index in [2.05, 4.69) is 53.7 Å². The normalized spacial score (nSPS) is 28.1. The van der Waals surface area contributed by atoms with Gasteiger partial charge in [0.2, 0.25) is 0 Å². The van der Waals surface area contributed by atoms with E-state index in [1.54, 1.807) is 22.3 Å². The average molecular weight is 240 g/mol. The Morgan fingerprint density at radius 3 is 1.39 bits per heavy atom. The Morgan fingerprint density at radius 1 is 0.722 bits per heavy atom. The zero-order valence-electron chi connectivity index (χ0n) is 12.6. The van der Waals surface area contributed by atoms with Crippen LogP contribution in [-0.4, -0.2) is 0 Å². The van der Waals surface area contributed by atoms with Crippen molar-refractivity contribution < 1.29 is 0 Å². The predicted molar refractivity (Wildman–Crippen MR) is 78.4 cm³/mol. The van der Waals surface area contributed by atoms with E-state index >= 15 is 0 Å². The molecule has 0 bridgehead atoms. The summed E-state index contributed by atoms with van der Waals surface area (Å²) in [5.74, 6) is 0. The van der Waals surface area contributed by atoms with Gasteiger partial charge in [-0.05, 0) is 37.8 Å². The monoisotopic (exact) mass is 240 g/mol. The molecule has 3 aliphatic carbocycles. The lowest BCUT2D eigenvalue weighted by Crippen LogP contribution is -2.30. The van der Waals surface area contributed by atoms with Gasteiger partial charge >= 0.3 is 0 Å². The summed E-state index contributed by atoms with van der Waals surface area (Å²) in [6.07, 6.45) is 7.26. The van der Waals surface area contributed by atoms with E-state index < -0.39 is 0 Å². The van der Waals surface area contributed by atoms with Crippen molar-refractivity contribution in [3.63, 3.8) is 0 Å². The Bertz CT molecular complexity index is 505. The summed E-state index contributed by atoms with van der Waals surface area (Å²) >= 11 is 0. The fourth-order valence-corrected chi connectivity index (χ4v) is 4.07. The molecule has 0 heterocycles. The van der Waals surface area contributed by atoms with Crippen LogP contribution in [0.4, 0.5) is 0 Å². The third-order valence-electron chi connectivity index (χ3n) is 5.20. The second kappa shape index (κ2) is 3.29. The smallest absolute Gasteiger partial charge is 0.0114 e. The lowest BCUT2D eigenvalue weighted by molar-refractivity contribution is 0.438. The van der Waals surface area contributed by atoms with Crippen LogP contribution in [0, 0.1) is 10.8 Å². The SMILES string of the molecule is CC1=CC2=C(C1)C(C)(C)C1=C(CC(C)=C1)C2(C)C. The van der Waals surface area contributed by atoms with E-state index in [1.165, 1.54) is 24.0 Å². The molecular weight excluding hydrogens is 216 g/mol. The van der Waals surface area contributed by atoms with E-state index in [4.69, 9.17) is 0 Å².